The lowest BCUT2D eigenvalue weighted by atomic mass is 10.1. The molecule has 1 saturated heterocycles. The number of nitrogens with zero attached hydrogens (tertiary/aromatic N) is 2. The summed E-state index contributed by atoms with van der Waals surface area (Å²) in [5.41, 5.74) is 7.43. The summed E-state index contributed by atoms with van der Waals surface area (Å²) in [6.07, 6.45) is 4.50. The summed E-state index contributed by atoms with van der Waals surface area (Å²) in [6.45, 7) is 5.90. The van der Waals surface area contributed by atoms with E-state index in [-0.39, 0.29) is 0 Å². The number of hydrogen-bond donors (Lipinski definition) is 1. The molecule has 4 nitrogen and oxygen atoms in total. The van der Waals surface area contributed by atoms with Gasteiger partial charge in [0.2, 0.25) is 0 Å². The first kappa shape index (κ1) is 12.3. The highest BCUT2D eigenvalue weighted by molar-refractivity contribution is 5.34. The van der Waals surface area contributed by atoms with Gasteiger partial charge in [0.25, 0.3) is 0 Å². The van der Waals surface area contributed by atoms with Crippen molar-refractivity contribution in [2.45, 2.75) is 32.4 Å². The van der Waals surface area contributed by atoms with Gasteiger partial charge in [0.15, 0.2) is 0 Å². The zero-order valence-corrected chi connectivity index (χ0v) is 10.4. The number of hydrogen-bond acceptors (Lipinski definition) is 4. The molecule has 0 saturated carbocycles. The maximum atomic E-state index is 5.69. The minimum atomic E-state index is 0.391. The van der Waals surface area contributed by atoms with Gasteiger partial charge in [-0.25, -0.2) is 0 Å². The Bertz CT molecular complexity index is 337. The fourth-order valence-electron chi connectivity index (χ4n) is 2.29. The first-order valence-corrected chi connectivity index (χ1v) is 6.32. The van der Waals surface area contributed by atoms with Crippen molar-refractivity contribution in [3.05, 3.63) is 24.0 Å². The zero-order valence-electron chi connectivity index (χ0n) is 10.4. The second-order valence-electron chi connectivity index (χ2n) is 4.54. The van der Waals surface area contributed by atoms with E-state index in [2.05, 4.69) is 16.8 Å². The van der Waals surface area contributed by atoms with Crippen molar-refractivity contribution in [3.63, 3.8) is 0 Å². The van der Waals surface area contributed by atoms with E-state index in [0.717, 1.165) is 37.6 Å². The maximum Gasteiger partial charge on any atom is 0.0702 e. The Labute approximate surface area is 103 Å². The SMILES string of the molecule is CCOC1CCCN(Cc2ccc(N)cn2)C1. The molecule has 0 aromatic carbocycles. The number of anilines is 1. The van der Waals surface area contributed by atoms with Crippen LogP contribution >= 0.6 is 0 Å². The summed E-state index contributed by atoms with van der Waals surface area (Å²) in [6, 6.07) is 3.91. The van der Waals surface area contributed by atoms with Crippen LogP contribution in [0.3, 0.4) is 0 Å². The van der Waals surface area contributed by atoms with Gasteiger partial charge in [-0.15, -0.1) is 0 Å². The van der Waals surface area contributed by atoms with Gasteiger partial charge in [0, 0.05) is 19.7 Å². The molecule has 1 fully saturated rings. The summed E-state index contributed by atoms with van der Waals surface area (Å²) in [5.74, 6) is 0. The predicted molar refractivity (Wildman–Crippen MR) is 68.6 cm³/mol. The summed E-state index contributed by atoms with van der Waals surface area (Å²) >= 11 is 0. The van der Waals surface area contributed by atoms with Crippen molar-refractivity contribution < 1.29 is 4.74 Å². The van der Waals surface area contributed by atoms with E-state index in [1.165, 1.54) is 12.8 Å². The van der Waals surface area contributed by atoms with Crippen molar-refractivity contribution in [2.75, 3.05) is 25.4 Å². The molecule has 0 bridgehead atoms. The second-order valence-corrected chi connectivity index (χ2v) is 4.54. The fraction of sp³-hybridized carbons (Fsp3) is 0.615. The molecule has 1 aromatic heterocycles. The Balaban J connectivity index is 1.87. The van der Waals surface area contributed by atoms with Gasteiger partial charge in [-0.2, -0.15) is 0 Å². The standard InChI is InChI=1S/C13H21N3O/c1-2-17-13-4-3-7-16(10-13)9-12-6-5-11(14)8-15-12/h5-6,8,13H,2-4,7,9-10,14H2,1H3. The van der Waals surface area contributed by atoms with Crippen molar-refractivity contribution in [3.8, 4) is 0 Å². The van der Waals surface area contributed by atoms with Crippen molar-refractivity contribution in [1.82, 2.24) is 9.88 Å². The third-order valence-electron chi connectivity index (χ3n) is 3.10. The topological polar surface area (TPSA) is 51.4 Å². The molecule has 0 aliphatic carbocycles. The van der Waals surface area contributed by atoms with E-state index in [9.17, 15) is 0 Å². The predicted octanol–water partition coefficient (Wildman–Crippen LogP) is 1.66. The lowest BCUT2D eigenvalue weighted by Gasteiger charge is -2.32. The quantitative estimate of drug-likeness (QED) is 0.862. The Kier molecular flexibility index (Phi) is 4.34. The van der Waals surface area contributed by atoms with Gasteiger partial charge < -0.3 is 10.5 Å². The summed E-state index contributed by atoms with van der Waals surface area (Å²) in [7, 11) is 0. The number of nitrogens with two attached hydrogens (primary N) is 1. The van der Waals surface area contributed by atoms with Crippen LogP contribution in [-0.2, 0) is 11.3 Å². The highest BCUT2D eigenvalue weighted by Gasteiger charge is 2.20. The third kappa shape index (κ3) is 3.68. The Morgan fingerprint density at radius 3 is 3.12 bits per heavy atom. The Morgan fingerprint density at radius 2 is 2.41 bits per heavy atom. The minimum absolute atomic E-state index is 0.391. The minimum Gasteiger partial charge on any atom is -0.397 e. The van der Waals surface area contributed by atoms with E-state index in [4.69, 9.17) is 10.5 Å². The van der Waals surface area contributed by atoms with Crippen molar-refractivity contribution >= 4 is 5.69 Å². The number of piperidine rings is 1. The average Bonchev–Trinajstić information content (AvgIpc) is 2.33. The normalized spacial score (nSPS) is 21.6. The largest absolute Gasteiger partial charge is 0.397 e. The molecule has 4 heteroatoms. The molecule has 17 heavy (non-hydrogen) atoms. The summed E-state index contributed by atoms with van der Waals surface area (Å²) < 4.78 is 5.69. The van der Waals surface area contributed by atoms with Crippen LogP contribution < -0.4 is 5.73 Å². The molecule has 1 atom stereocenters. The van der Waals surface area contributed by atoms with E-state index in [0.29, 0.717) is 6.10 Å². The second kappa shape index (κ2) is 5.98. The lowest BCUT2D eigenvalue weighted by molar-refractivity contribution is 0.00332. The zero-order chi connectivity index (χ0) is 12.1. The molecule has 94 valence electrons. The summed E-state index contributed by atoms with van der Waals surface area (Å²) in [5, 5.41) is 0. The van der Waals surface area contributed by atoms with Crippen LogP contribution in [0.1, 0.15) is 25.5 Å². The number of nitrogen functional groups attached to an aromatic ring is 1. The smallest absolute Gasteiger partial charge is 0.0702 e. The number of aromatic nitrogens is 1. The van der Waals surface area contributed by atoms with E-state index in [1.54, 1.807) is 6.20 Å². The Hall–Kier alpha value is -1.13. The van der Waals surface area contributed by atoms with Crippen LogP contribution in [0.25, 0.3) is 0 Å². The summed E-state index contributed by atoms with van der Waals surface area (Å²) in [4.78, 5) is 6.74. The molecule has 2 rings (SSSR count). The number of likely N-dealkylation sites (tertiary alicyclic amines) is 1. The van der Waals surface area contributed by atoms with Crippen molar-refractivity contribution in [1.29, 1.82) is 0 Å². The Morgan fingerprint density at radius 1 is 1.53 bits per heavy atom. The lowest BCUT2D eigenvalue weighted by Crippen LogP contribution is -2.39. The highest BCUT2D eigenvalue weighted by Crippen LogP contribution is 2.15. The van der Waals surface area contributed by atoms with Crippen LogP contribution in [0.4, 0.5) is 5.69 Å². The van der Waals surface area contributed by atoms with Crippen LogP contribution in [0.5, 0.6) is 0 Å². The molecule has 0 radical (unpaired) electrons. The number of pyridine rings is 1. The van der Waals surface area contributed by atoms with E-state index >= 15 is 0 Å². The van der Waals surface area contributed by atoms with Gasteiger partial charge in [0.05, 0.1) is 23.7 Å². The average molecular weight is 235 g/mol. The molecule has 0 spiro atoms. The molecular weight excluding hydrogens is 214 g/mol. The van der Waals surface area contributed by atoms with E-state index in [1.807, 2.05) is 12.1 Å². The van der Waals surface area contributed by atoms with Gasteiger partial charge in [0.1, 0.15) is 0 Å². The monoisotopic (exact) mass is 235 g/mol. The molecule has 1 aromatic rings. The molecular formula is C13H21N3O. The molecule has 2 N–H and O–H groups in total. The van der Waals surface area contributed by atoms with Crippen molar-refractivity contribution in [2.24, 2.45) is 0 Å². The van der Waals surface area contributed by atoms with Gasteiger partial charge in [-0.05, 0) is 38.4 Å². The molecule has 2 heterocycles. The van der Waals surface area contributed by atoms with Crippen LogP contribution in [0, 0.1) is 0 Å². The van der Waals surface area contributed by atoms with Gasteiger partial charge in [-0.1, -0.05) is 0 Å². The van der Waals surface area contributed by atoms with Gasteiger partial charge in [-0.3, -0.25) is 9.88 Å². The van der Waals surface area contributed by atoms with Gasteiger partial charge >= 0.3 is 0 Å². The molecule has 1 unspecified atom stereocenters. The fourth-order valence-corrected chi connectivity index (χ4v) is 2.29. The highest BCUT2D eigenvalue weighted by atomic mass is 16.5. The van der Waals surface area contributed by atoms with Crippen LogP contribution in [0.15, 0.2) is 18.3 Å². The van der Waals surface area contributed by atoms with Crippen LogP contribution in [0.2, 0.25) is 0 Å². The first-order chi connectivity index (χ1) is 8.28. The molecule has 0 amide bonds. The molecule has 1 aliphatic rings. The maximum absolute atomic E-state index is 5.69. The van der Waals surface area contributed by atoms with Crippen LogP contribution in [-0.4, -0.2) is 35.7 Å². The first-order valence-electron chi connectivity index (χ1n) is 6.32. The number of ether oxygens (including phenoxy) is 1. The number of rotatable bonds is 4. The third-order valence-corrected chi connectivity index (χ3v) is 3.10. The van der Waals surface area contributed by atoms with E-state index < -0.39 is 0 Å². The molecule has 1 aliphatic heterocycles.